The molecule has 0 radical (unpaired) electrons. The van der Waals surface area contributed by atoms with Crippen molar-refractivity contribution < 1.29 is 9.47 Å². The van der Waals surface area contributed by atoms with Gasteiger partial charge in [0.15, 0.2) is 17.5 Å². The Morgan fingerprint density at radius 1 is 1.21 bits per heavy atom. The number of ether oxygens (including phenoxy) is 2. The molecule has 5 heteroatoms. The number of guanidine groups is 1. The molecular formula is C19H25N3O2. The van der Waals surface area contributed by atoms with Gasteiger partial charge in [0.05, 0.1) is 6.54 Å². The monoisotopic (exact) mass is 327 g/mol. The van der Waals surface area contributed by atoms with Gasteiger partial charge in [-0.15, -0.1) is 6.42 Å². The van der Waals surface area contributed by atoms with Crippen LogP contribution in [0.15, 0.2) is 23.2 Å². The molecule has 1 aliphatic heterocycles. The van der Waals surface area contributed by atoms with Gasteiger partial charge in [0.1, 0.15) is 13.2 Å². The summed E-state index contributed by atoms with van der Waals surface area (Å²) < 4.78 is 11.4. The Morgan fingerprint density at radius 2 is 1.96 bits per heavy atom. The smallest absolute Gasteiger partial charge is 0.191 e. The molecule has 1 aromatic carbocycles. The molecule has 1 heterocycles. The van der Waals surface area contributed by atoms with Crippen molar-refractivity contribution in [3.63, 3.8) is 0 Å². The zero-order chi connectivity index (χ0) is 16.8. The standard InChI is InChI=1S/C19H25N3O2/c1-3-10-21-18(20-2)22-14-19(8-4-5-9-19)15-6-7-16-17(13-15)24-12-11-23-16/h1,6-7,13H,4-5,8-12,14H2,2H3,(H2,20,21,22). The molecule has 0 aromatic heterocycles. The minimum absolute atomic E-state index is 0.101. The number of nitrogens with zero attached hydrogens (tertiary/aromatic N) is 1. The second kappa shape index (κ2) is 7.48. The van der Waals surface area contributed by atoms with Gasteiger partial charge in [-0.2, -0.15) is 0 Å². The number of aliphatic imine (C=N–C) groups is 1. The van der Waals surface area contributed by atoms with Crippen molar-refractivity contribution in [2.75, 3.05) is 33.4 Å². The number of hydrogen-bond donors (Lipinski definition) is 2. The Labute approximate surface area is 143 Å². The van der Waals surface area contributed by atoms with Gasteiger partial charge in [0.25, 0.3) is 0 Å². The van der Waals surface area contributed by atoms with Crippen LogP contribution < -0.4 is 20.1 Å². The summed E-state index contributed by atoms with van der Waals surface area (Å²) in [5.74, 6) is 5.03. The van der Waals surface area contributed by atoms with Crippen LogP contribution in [0.1, 0.15) is 31.2 Å². The van der Waals surface area contributed by atoms with Gasteiger partial charge in [-0.05, 0) is 30.5 Å². The van der Waals surface area contributed by atoms with Gasteiger partial charge in [0.2, 0.25) is 0 Å². The third-order valence-electron chi connectivity index (χ3n) is 4.89. The molecule has 2 N–H and O–H groups in total. The van der Waals surface area contributed by atoms with Crippen molar-refractivity contribution in [2.45, 2.75) is 31.1 Å². The Kier molecular flexibility index (Phi) is 5.14. The van der Waals surface area contributed by atoms with E-state index in [-0.39, 0.29) is 5.41 Å². The third-order valence-corrected chi connectivity index (χ3v) is 4.89. The van der Waals surface area contributed by atoms with Crippen molar-refractivity contribution in [2.24, 2.45) is 4.99 Å². The SMILES string of the molecule is C#CCNC(=NC)NCC1(c2ccc3c(c2)OCCO3)CCCC1. The largest absolute Gasteiger partial charge is 0.486 e. The van der Waals surface area contributed by atoms with Gasteiger partial charge >= 0.3 is 0 Å². The molecule has 24 heavy (non-hydrogen) atoms. The van der Waals surface area contributed by atoms with E-state index >= 15 is 0 Å². The lowest BCUT2D eigenvalue weighted by Crippen LogP contribution is -2.44. The van der Waals surface area contributed by atoms with Crippen LogP contribution in [0.5, 0.6) is 11.5 Å². The first-order valence-electron chi connectivity index (χ1n) is 8.55. The summed E-state index contributed by atoms with van der Waals surface area (Å²) in [6.07, 6.45) is 10.1. The Hall–Kier alpha value is -2.35. The third kappa shape index (κ3) is 3.43. The lowest BCUT2D eigenvalue weighted by molar-refractivity contribution is 0.171. The lowest BCUT2D eigenvalue weighted by atomic mass is 9.78. The second-order valence-electron chi connectivity index (χ2n) is 6.33. The highest BCUT2D eigenvalue weighted by Gasteiger charge is 2.36. The molecule has 0 spiro atoms. The zero-order valence-corrected chi connectivity index (χ0v) is 14.2. The van der Waals surface area contributed by atoms with E-state index in [9.17, 15) is 0 Å². The van der Waals surface area contributed by atoms with E-state index in [1.165, 1.54) is 18.4 Å². The minimum atomic E-state index is 0.101. The first-order valence-corrected chi connectivity index (χ1v) is 8.55. The van der Waals surface area contributed by atoms with Crippen LogP contribution in [0.4, 0.5) is 0 Å². The van der Waals surface area contributed by atoms with E-state index in [2.05, 4.69) is 33.7 Å². The molecule has 2 aliphatic rings. The maximum atomic E-state index is 5.76. The first-order chi connectivity index (χ1) is 11.8. The molecule has 1 aromatic rings. The molecule has 1 aliphatic carbocycles. The van der Waals surface area contributed by atoms with Crippen molar-refractivity contribution >= 4 is 5.96 Å². The first kappa shape index (κ1) is 16.5. The van der Waals surface area contributed by atoms with E-state index in [0.717, 1.165) is 36.8 Å². The molecule has 0 saturated heterocycles. The maximum absolute atomic E-state index is 5.76. The number of nitrogens with one attached hydrogen (secondary N) is 2. The number of fused-ring (bicyclic) bond motifs is 1. The predicted molar refractivity (Wildman–Crippen MR) is 95.8 cm³/mol. The summed E-state index contributed by atoms with van der Waals surface area (Å²) in [6.45, 7) is 2.54. The molecule has 128 valence electrons. The van der Waals surface area contributed by atoms with E-state index in [4.69, 9.17) is 15.9 Å². The van der Waals surface area contributed by atoms with Crippen LogP contribution >= 0.6 is 0 Å². The molecular weight excluding hydrogens is 302 g/mol. The predicted octanol–water partition coefficient (Wildman–Crippen LogP) is 2.07. The van der Waals surface area contributed by atoms with Gasteiger partial charge in [-0.25, -0.2) is 0 Å². The molecule has 0 bridgehead atoms. The van der Waals surface area contributed by atoms with E-state index in [1.54, 1.807) is 7.05 Å². The van der Waals surface area contributed by atoms with Crippen molar-refractivity contribution in [1.82, 2.24) is 10.6 Å². The van der Waals surface area contributed by atoms with E-state index in [0.29, 0.717) is 19.8 Å². The zero-order valence-electron chi connectivity index (χ0n) is 14.2. The quantitative estimate of drug-likeness (QED) is 0.505. The van der Waals surface area contributed by atoms with Crippen LogP contribution in [0.3, 0.4) is 0 Å². The average Bonchev–Trinajstić information content (AvgIpc) is 3.11. The maximum Gasteiger partial charge on any atom is 0.191 e. The summed E-state index contributed by atoms with van der Waals surface area (Å²) in [6, 6.07) is 6.37. The Morgan fingerprint density at radius 3 is 2.67 bits per heavy atom. The summed E-state index contributed by atoms with van der Waals surface area (Å²) in [5, 5.41) is 6.56. The van der Waals surface area contributed by atoms with E-state index in [1.807, 2.05) is 6.07 Å². The highest BCUT2D eigenvalue weighted by molar-refractivity contribution is 5.80. The molecule has 1 saturated carbocycles. The summed E-state index contributed by atoms with van der Waals surface area (Å²) in [7, 11) is 1.76. The van der Waals surface area contributed by atoms with Crippen LogP contribution in [-0.4, -0.2) is 39.3 Å². The lowest BCUT2D eigenvalue weighted by Gasteiger charge is -2.32. The van der Waals surface area contributed by atoms with Gasteiger partial charge in [-0.3, -0.25) is 4.99 Å². The van der Waals surface area contributed by atoms with Crippen molar-refractivity contribution in [3.8, 4) is 23.8 Å². The summed E-state index contributed by atoms with van der Waals surface area (Å²) in [4.78, 5) is 4.24. The molecule has 1 fully saturated rings. The Balaban J connectivity index is 1.77. The van der Waals surface area contributed by atoms with Crippen LogP contribution in [0, 0.1) is 12.3 Å². The normalized spacial score (nSPS) is 18.8. The molecule has 0 atom stereocenters. The molecule has 5 nitrogen and oxygen atoms in total. The fraction of sp³-hybridized carbons (Fsp3) is 0.526. The number of rotatable bonds is 4. The van der Waals surface area contributed by atoms with Crippen LogP contribution in [0.2, 0.25) is 0 Å². The number of benzene rings is 1. The average molecular weight is 327 g/mol. The second-order valence-corrected chi connectivity index (χ2v) is 6.33. The molecule has 0 unspecified atom stereocenters. The molecule has 3 rings (SSSR count). The molecule has 0 amide bonds. The highest BCUT2D eigenvalue weighted by Crippen LogP contribution is 2.43. The van der Waals surface area contributed by atoms with E-state index < -0.39 is 0 Å². The van der Waals surface area contributed by atoms with Crippen molar-refractivity contribution in [1.29, 1.82) is 0 Å². The minimum Gasteiger partial charge on any atom is -0.486 e. The van der Waals surface area contributed by atoms with Crippen LogP contribution in [0.25, 0.3) is 0 Å². The topological polar surface area (TPSA) is 54.9 Å². The van der Waals surface area contributed by atoms with Crippen molar-refractivity contribution in [3.05, 3.63) is 23.8 Å². The fourth-order valence-corrected chi connectivity index (χ4v) is 3.60. The summed E-state index contributed by atoms with van der Waals surface area (Å²) >= 11 is 0. The van der Waals surface area contributed by atoms with Crippen LogP contribution in [-0.2, 0) is 5.41 Å². The number of hydrogen-bond acceptors (Lipinski definition) is 3. The van der Waals surface area contributed by atoms with Gasteiger partial charge in [-0.1, -0.05) is 24.8 Å². The highest BCUT2D eigenvalue weighted by atomic mass is 16.6. The summed E-state index contributed by atoms with van der Waals surface area (Å²) in [5.41, 5.74) is 1.41. The fourth-order valence-electron chi connectivity index (χ4n) is 3.60. The number of terminal acetylenes is 1. The van der Waals surface area contributed by atoms with Gasteiger partial charge < -0.3 is 20.1 Å². The Bertz CT molecular complexity index is 643. The van der Waals surface area contributed by atoms with Gasteiger partial charge in [0, 0.05) is 19.0 Å².